The van der Waals surface area contributed by atoms with E-state index in [0.29, 0.717) is 8.78 Å². The molecule has 0 bridgehead atoms. The molecule has 0 radical (unpaired) electrons. The molecule has 0 aliphatic carbocycles. The van der Waals surface area contributed by atoms with Gasteiger partial charge in [0.1, 0.15) is 23.8 Å². The second-order valence-electron chi connectivity index (χ2n) is 5.56. The number of halogens is 2. The summed E-state index contributed by atoms with van der Waals surface area (Å²) >= 11 is 3.08. The van der Waals surface area contributed by atoms with Gasteiger partial charge in [0.05, 0.1) is 24.0 Å². The number of nitro benzene ring substituents is 1. The summed E-state index contributed by atoms with van der Waals surface area (Å²) in [4.78, 5) is 22.6. The van der Waals surface area contributed by atoms with Crippen LogP contribution in [-0.4, -0.2) is 39.2 Å². The van der Waals surface area contributed by atoms with Gasteiger partial charge in [-0.15, -0.1) is 0 Å². The molecule has 12 heteroatoms. The Morgan fingerprint density at radius 3 is 2.54 bits per heavy atom. The number of hydrogen-bond acceptors (Lipinski definition) is 6. The number of benzene rings is 2. The van der Waals surface area contributed by atoms with E-state index >= 15 is 0 Å². The lowest BCUT2D eigenvalue weighted by Crippen LogP contribution is -2.37. The molecule has 1 N–H and O–H groups in total. The lowest BCUT2D eigenvalue weighted by molar-refractivity contribution is -0.384. The number of carbonyl (C=O) groups is 1. The molecule has 2 aromatic rings. The molecule has 150 valence electrons. The number of amides is 1. The Bertz CT molecular complexity index is 1030. The topological polar surface area (TPSA) is 119 Å². The van der Waals surface area contributed by atoms with E-state index in [0.717, 1.165) is 24.5 Å². The van der Waals surface area contributed by atoms with Crippen LogP contribution in [0.2, 0.25) is 0 Å². The maximum Gasteiger partial charge on any atom is 0.271 e. The molecule has 28 heavy (non-hydrogen) atoms. The summed E-state index contributed by atoms with van der Waals surface area (Å²) in [5.74, 6) is -1.56. The van der Waals surface area contributed by atoms with Crippen LogP contribution in [0.4, 0.5) is 21.5 Å². The lowest BCUT2D eigenvalue weighted by atomic mass is 10.2. The monoisotopic (exact) mass is 475 g/mol. The van der Waals surface area contributed by atoms with E-state index in [1.54, 1.807) is 0 Å². The number of ether oxygens (including phenoxy) is 1. The fraction of sp³-hybridized carbons (Fsp3) is 0.188. The fourth-order valence-electron chi connectivity index (χ4n) is 2.28. The number of nitrogens with zero attached hydrogens (tertiary/aromatic N) is 2. The molecular formula is C16H15BrFN3O6S. The molecule has 0 aliphatic heterocycles. The number of hydrogen-bond donors (Lipinski definition) is 1. The molecule has 0 unspecified atom stereocenters. The number of rotatable bonds is 7. The first-order chi connectivity index (χ1) is 13.0. The van der Waals surface area contributed by atoms with Crippen LogP contribution in [0.1, 0.15) is 0 Å². The summed E-state index contributed by atoms with van der Waals surface area (Å²) in [6.07, 6.45) is 0.832. The van der Waals surface area contributed by atoms with Gasteiger partial charge in [-0.1, -0.05) is 15.9 Å². The van der Waals surface area contributed by atoms with Gasteiger partial charge in [-0.25, -0.2) is 12.8 Å². The van der Waals surface area contributed by atoms with Crippen molar-refractivity contribution in [1.82, 2.24) is 0 Å². The largest absolute Gasteiger partial charge is 0.495 e. The summed E-state index contributed by atoms with van der Waals surface area (Å²) in [5.41, 5.74) is -0.720. The second kappa shape index (κ2) is 8.52. The van der Waals surface area contributed by atoms with Crippen molar-refractivity contribution in [2.75, 3.05) is 29.5 Å². The number of carbonyl (C=O) groups excluding carboxylic acids is 1. The molecular weight excluding hydrogens is 461 g/mol. The number of nitro groups is 1. The van der Waals surface area contributed by atoms with Crippen LogP contribution in [0.15, 0.2) is 40.9 Å². The average Bonchev–Trinajstić information content (AvgIpc) is 2.60. The first kappa shape index (κ1) is 21.6. The van der Waals surface area contributed by atoms with E-state index in [9.17, 15) is 27.7 Å². The number of nitrogens with one attached hydrogen (secondary N) is 1. The minimum atomic E-state index is -4.03. The molecule has 0 atom stereocenters. The minimum Gasteiger partial charge on any atom is -0.495 e. The van der Waals surface area contributed by atoms with E-state index < -0.39 is 33.2 Å². The first-order valence-electron chi connectivity index (χ1n) is 7.58. The molecule has 0 saturated heterocycles. The standard InChI is InChI=1S/C16H15BrFN3O6S/c1-27-15-6-4-11(21(23)24)8-14(15)20(28(2,25)26)9-16(22)19-13-5-3-10(17)7-12(13)18/h3-8H,9H2,1-2H3,(H,19,22). The zero-order valence-electron chi connectivity index (χ0n) is 14.7. The number of non-ortho nitro benzene ring substituents is 1. The maximum atomic E-state index is 13.9. The number of sulfonamides is 1. The molecule has 9 nitrogen and oxygen atoms in total. The van der Waals surface area contributed by atoms with E-state index in [-0.39, 0.29) is 22.8 Å². The second-order valence-corrected chi connectivity index (χ2v) is 8.38. The first-order valence-corrected chi connectivity index (χ1v) is 10.2. The molecule has 0 aromatic heterocycles. The van der Waals surface area contributed by atoms with Gasteiger partial charge in [0, 0.05) is 16.6 Å². The van der Waals surface area contributed by atoms with Gasteiger partial charge in [0.2, 0.25) is 15.9 Å². The fourth-order valence-corrected chi connectivity index (χ4v) is 3.46. The summed E-state index contributed by atoms with van der Waals surface area (Å²) < 4.78 is 44.5. The van der Waals surface area contributed by atoms with Gasteiger partial charge < -0.3 is 10.1 Å². The smallest absolute Gasteiger partial charge is 0.271 e. The van der Waals surface area contributed by atoms with Gasteiger partial charge in [0.25, 0.3) is 5.69 Å². The van der Waals surface area contributed by atoms with Crippen molar-refractivity contribution >= 4 is 48.9 Å². The maximum absolute atomic E-state index is 13.9. The highest BCUT2D eigenvalue weighted by molar-refractivity contribution is 9.10. The van der Waals surface area contributed by atoms with Gasteiger partial charge >= 0.3 is 0 Å². The summed E-state index contributed by atoms with van der Waals surface area (Å²) in [6, 6.07) is 7.27. The summed E-state index contributed by atoms with van der Waals surface area (Å²) in [6.45, 7) is -0.744. The van der Waals surface area contributed by atoms with Crippen molar-refractivity contribution in [3.05, 3.63) is 56.8 Å². The van der Waals surface area contributed by atoms with E-state index in [1.807, 2.05) is 0 Å². The third-order valence-corrected chi connectivity index (χ3v) is 5.15. The highest BCUT2D eigenvalue weighted by Gasteiger charge is 2.26. The SMILES string of the molecule is COc1ccc([N+](=O)[O-])cc1N(CC(=O)Nc1ccc(Br)cc1F)S(C)(=O)=O. The van der Waals surface area contributed by atoms with Crippen LogP contribution >= 0.6 is 15.9 Å². The number of methoxy groups -OCH3 is 1. The molecule has 1 amide bonds. The lowest BCUT2D eigenvalue weighted by Gasteiger charge is -2.23. The number of anilines is 2. The molecule has 0 heterocycles. The van der Waals surface area contributed by atoms with Crippen LogP contribution < -0.4 is 14.4 Å². The average molecular weight is 476 g/mol. The predicted molar refractivity (Wildman–Crippen MR) is 105 cm³/mol. The van der Waals surface area contributed by atoms with Crippen molar-refractivity contribution in [2.45, 2.75) is 0 Å². The highest BCUT2D eigenvalue weighted by Crippen LogP contribution is 2.33. The molecule has 0 aliphatic rings. The Labute approximate surface area is 168 Å². The van der Waals surface area contributed by atoms with Crippen molar-refractivity contribution in [3.63, 3.8) is 0 Å². The highest BCUT2D eigenvalue weighted by atomic mass is 79.9. The normalized spacial score (nSPS) is 11.0. The zero-order valence-corrected chi connectivity index (χ0v) is 17.1. The molecule has 0 spiro atoms. The van der Waals surface area contributed by atoms with Gasteiger partial charge in [0.15, 0.2) is 0 Å². The Morgan fingerprint density at radius 2 is 2.00 bits per heavy atom. The Kier molecular flexibility index (Phi) is 6.56. The van der Waals surface area contributed by atoms with Crippen molar-refractivity contribution in [1.29, 1.82) is 0 Å². The third-order valence-electron chi connectivity index (χ3n) is 3.53. The van der Waals surface area contributed by atoms with Crippen LogP contribution in [-0.2, 0) is 14.8 Å². The molecule has 2 rings (SSSR count). The van der Waals surface area contributed by atoms with Crippen molar-refractivity contribution < 1.29 is 27.3 Å². The van der Waals surface area contributed by atoms with Crippen LogP contribution in [0.3, 0.4) is 0 Å². The summed E-state index contributed by atoms with van der Waals surface area (Å²) in [5, 5.41) is 13.3. The predicted octanol–water partition coefficient (Wildman–Crippen LogP) is 2.91. The van der Waals surface area contributed by atoms with Gasteiger partial charge in [-0.2, -0.15) is 0 Å². The zero-order chi connectivity index (χ0) is 21.1. The van der Waals surface area contributed by atoms with Crippen molar-refractivity contribution in [2.24, 2.45) is 0 Å². The van der Waals surface area contributed by atoms with Crippen molar-refractivity contribution in [3.8, 4) is 5.75 Å². The Hall–Kier alpha value is -2.73. The molecule has 0 saturated carbocycles. The van der Waals surface area contributed by atoms with Gasteiger partial charge in [-0.3, -0.25) is 19.2 Å². The Balaban J connectivity index is 2.39. The van der Waals surface area contributed by atoms with E-state index in [1.165, 1.54) is 25.3 Å². The van der Waals surface area contributed by atoms with Crippen LogP contribution in [0, 0.1) is 15.9 Å². The van der Waals surface area contributed by atoms with E-state index in [2.05, 4.69) is 21.2 Å². The molecule has 0 fully saturated rings. The quantitative estimate of drug-likeness (QED) is 0.485. The Morgan fingerprint density at radius 1 is 1.32 bits per heavy atom. The molecule has 2 aromatic carbocycles. The van der Waals surface area contributed by atoms with Crippen LogP contribution in [0.5, 0.6) is 5.75 Å². The minimum absolute atomic E-state index is 0.0126. The van der Waals surface area contributed by atoms with Gasteiger partial charge in [-0.05, 0) is 24.3 Å². The van der Waals surface area contributed by atoms with E-state index in [4.69, 9.17) is 4.74 Å². The third kappa shape index (κ3) is 5.16. The van der Waals surface area contributed by atoms with Crippen LogP contribution in [0.25, 0.3) is 0 Å². The summed E-state index contributed by atoms with van der Waals surface area (Å²) in [7, 11) is -2.78.